The third kappa shape index (κ3) is 47.7. The van der Waals surface area contributed by atoms with Gasteiger partial charge in [0.25, 0.3) is 0 Å². The molecule has 0 aliphatic carbocycles. The first-order valence-corrected chi connectivity index (χ1v) is 27.2. The van der Waals surface area contributed by atoms with Crippen LogP contribution in [0.4, 0.5) is 0 Å². The van der Waals surface area contributed by atoms with E-state index in [-0.39, 0.29) is 12.5 Å². The number of amides is 1. The van der Waals surface area contributed by atoms with Crippen molar-refractivity contribution in [1.82, 2.24) is 5.32 Å². The van der Waals surface area contributed by atoms with E-state index in [4.69, 9.17) is 0 Å². The van der Waals surface area contributed by atoms with Crippen LogP contribution in [0.15, 0.2) is 36.5 Å². The average Bonchev–Trinajstić information content (AvgIpc) is 3.25. The maximum Gasteiger partial charge on any atom is 0.220 e. The van der Waals surface area contributed by atoms with Gasteiger partial charge in [0.1, 0.15) is 0 Å². The van der Waals surface area contributed by atoms with E-state index in [1.807, 2.05) is 6.08 Å². The molecule has 3 N–H and O–H groups in total. The van der Waals surface area contributed by atoms with Gasteiger partial charge < -0.3 is 15.5 Å². The minimum Gasteiger partial charge on any atom is -0.394 e. The van der Waals surface area contributed by atoms with E-state index in [1.54, 1.807) is 6.08 Å². The molecular formula is C56H107NO3. The van der Waals surface area contributed by atoms with Gasteiger partial charge >= 0.3 is 0 Å². The molecule has 2 atom stereocenters. The third-order valence-corrected chi connectivity index (χ3v) is 12.6. The molecule has 4 nitrogen and oxygen atoms in total. The Balaban J connectivity index is 3.44. The number of hydrogen-bond acceptors (Lipinski definition) is 3. The Morgan fingerprint density at radius 1 is 0.383 bits per heavy atom. The number of carbonyl (C=O) groups is 1. The predicted molar refractivity (Wildman–Crippen MR) is 267 cm³/mol. The third-order valence-electron chi connectivity index (χ3n) is 12.6. The summed E-state index contributed by atoms with van der Waals surface area (Å²) in [5, 5.41) is 23.1. The Labute approximate surface area is 376 Å². The average molecular weight is 842 g/mol. The summed E-state index contributed by atoms with van der Waals surface area (Å²) in [7, 11) is 0. The highest BCUT2D eigenvalue weighted by Crippen LogP contribution is 2.17. The molecular weight excluding hydrogens is 735 g/mol. The van der Waals surface area contributed by atoms with E-state index in [9.17, 15) is 15.0 Å². The van der Waals surface area contributed by atoms with Gasteiger partial charge in [-0.1, -0.05) is 269 Å². The number of allylic oxidation sites excluding steroid dienone is 5. The molecule has 0 radical (unpaired) electrons. The Kier molecular flexibility index (Phi) is 50.8. The van der Waals surface area contributed by atoms with Crippen LogP contribution in [-0.4, -0.2) is 34.9 Å². The summed E-state index contributed by atoms with van der Waals surface area (Å²) in [5.74, 6) is -0.0694. The van der Waals surface area contributed by atoms with Crippen molar-refractivity contribution in [2.24, 2.45) is 0 Å². The molecule has 0 bridgehead atoms. The normalized spacial score (nSPS) is 13.1. The van der Waals surface area contributed by atoms with Crippen LogP contribution in [0, 0.1) is 0 Å². The molecule has 0 aromatic carbocycles. The van der Waals surface area contributed by atoms with Crippen LogP contribution in [0.2, 0.25) is 0 Å². The summed E-state index contributed by atoms with van der Waals surface area (Å²) in [5.41, 5.74) is 0. The Bertz CT molecular complexity index is 912. The van der Waals surface area contributed by atoms with Crippen molar-refractivity contribution in [1.29, 1.82) is 0 Å². The minimum atomic E-state index is -0.860. The van der Waals surface area contributed by atoms with Crippen LogP contribution in [0.25, 0.3) is 0 Å². The highest BCUT2D eigenvalue weighted by atomic mass is 16.3. The highest BCUT2D eigenvalue weighted by molar-refractivity contribution is 5.76. The van der Waals surface area contributed by atoms with Crippen molar-refractivity contribution in [2.75, 3.05) is 6.61 Å². The van der Waals surface area contributed by atoms with E-state index < -0.39 is 12.1 Å². The van der Waals surface area contributed by atoms with Crippen LogP contribution in [0.3, 0.4) is 0 Å². The summed E-state index contributed by atoms with van der Waals surface area (Å²) in [6, 6.07) is -0.636. The summed E-state index contributed by atoms with van der Waals surface area (Å²) >= 11 is 0. The SMILES string of the molecule is CCCCCCCCCC/C=C\CCCCCCCCCCCCCCCCCCCCCCCC(=O)NC(CO)C(O)/C=C/CC/C=C/CCCCCCCCCCC. The molecule has 0 spiro atoms. The number of rotatable bonds is 50. The molecule has 4 heteroatoms. The van der Waals surface area contributed by atoms with E-state index in [1.165, 1.54) is 244 Å². The van der Waals surface area contributed by atoms with Crippen molar-refractivity contribution in [3.63, 3.8) is 0 Å². The molecule has 1 amide bonds. The van der Waals surface area contributed by atoms with Gasteiger partial charge in [-0.15, -0.1) is 0 Å². The summed E-state index contributed by atoms with van der Waals surface area (Å²) in [4.78, 5) is 12.4. The van der Waals surface area contributed by atoms with E-state index in [0.717, 1.165) is 32.1 Å². The largest absolute Gasteiger partial charge is 0.394 e. The van der Waals surface area contributed by atoms with E-state index in [0.29, 0.717) is 6.42 Å². The number of aliphatic hydroxyl groups is 2. The summed E-state index contributed by atoms with van der Waals surface area (Å²) in [6.45, 7) is 4.31. The minimum absolute atomic E-state index is 0.0694. The van der Waals surface area contributed by atoms with E-state index in [2.05, 4.69) is 43.5 Å². The fraction of sp³-hybridized carbons (Fsp3) is 0.875. The first-order valence-electron chi connectivity index (χ1n) is 27.2. The van der Waals surface area contributed by atoms with Gasteiger partial charge in [-0.05, 0) is 57.8 Å². The van der Waals surface area contributed by atoms with Crippen LogP contribution < -0.4 is 5.32 Å². The second-order valence-corrected chi connectivity index (χ2v) is 18.6. The van der Waals surface area contributed by atoms with Gasteiger partial charge in [0.15, 0.2) is 0 Å². The molecule has 0 aromatic heterocycles. The monoisotopic (exact) mass is 842 g/mol. The lowest BCUT2D eigenvalue weighted by Gasteiger charge is -2.19. The highest BCUT2D eigenvalue weighted by Gasteiger charge is 2.18. The molecule has 0 saturated heterocycles. The maximum absolute atomic E-state index is 12.4. The molecule has 0 heterocycles. The van der Waals surface area contributed by atoms with Gasteiger partial charge in [0, 0.05) is 6.42 Å². The van der Waals surface area contributed by atoms with Crippen LogP contribution >= 0.6 is 0 Å². The molecule has 0 fully saturated rings. The molecule has 0 aliphatic heterocycles. The zero-order valence-corrected chi connectivity index (χ0v) is 40.7. The van der Waals surface area contributed by atoms with Crippen molar-refractivity contribution in [2.45, 2.75) is 309 Å². The zero-order chi connectivity index (χ0) is 43.5. The predicted octanol–water partition coefficient (Wildman–Crippen LogP) is 17.7. The van der Waals surface area contributed by atoms with Gasteiger partial charge in [0.2, 0.25) is 5.91 Å². The number of carbonyl (C=O) groups excluding carboxylic acids is 1. The molecule has 0 aromatic rings. The Hall–Kier alpha value is -1.39. The van der Waals surface area contributed by atoms with Crippen molar-refractivity contribution < 1.29 is 15.0 Å². The Morgan fingerprint density at radius 2 is 0.650 bits per heavy atom. The summed E-state index contributed by atoms with van der Waals surface area (Å²) < 4.78 is 0. The van der Waals surface area contributed by atoms with E-state index >= 15 is 0 Å². The topological polar surface area (TPSA) is 69.6 Å². The molecule has 0 rings (SSSR count). The van der Waals surface area contributed by atoms with Crippen LogP contribution in [0.1, 0.15) is 296 Å². The molecule has 60 heavy (non-hydrogen) atoms. The molecule has 2 unspecified atom stereocenters. The van der Waals surface area contributed by atoms with Crippen LogP contribution in [0.5, 0.6) is 0 Å². The first-order chi connectivity index (χ1) is 29.7. The lowest BCUT2D eigenvalue weighted by Crippen LogP contribution is -2.45. The molecule has 0 aliphatic rings. The second-order valence-electron chi connectivity index (χ2n) is 18.6. The Morgan fingerprint density at radius 3 is 0.967 bits per heavy atom. The second kappa shape index (κ2) is 52.0. The van der Waals surface area contributed by atoms with Gasteiger partial charge in [-0.2, -0.15) is 0 Å². The molecule has 354 valence electrons. The molecule has 0 saturated carbocycles. The van der Waals surface area contributed by atoms with Crippen molar-refractivity contribution in [3.8, 4) is 0 Å². The quantitative estimate of drug-likeness (QED) is 0.0422. The van der Waals surface area contributed by atoms with Gasteiger partial charge in [0.05, 0.1) is 18.8 Å². The van der Waals surface area contributed by atoms with Gasteiger partial charge in [-0.25, -0.2) is 0 Å². The fourth-order valence-electron chi connectivity index (χ4n) is 8.43. The number of nitrogens with one attached hydrogen (secondary N) is 1. The fourth-order valence-corrected chi connectivity index (χ4v) is 8.43. The lowest BCUT2D eigenvalue weighted by atomic mass is 10.0. The smallest absolute Gasteiger partial charge is 0.220 e. The van der Waals surface area contributed by atoms with Gasteiger partial charge in [-0.3, -0.25) is 4.79 Å². The maximum atomic E-state index is 12.4. The zero-order valence-electron chi connectivity index (χ0n) is 40.7. The number of hydrogen-bond donors (Lipinski definition) is 3. The van der Waals surface area contributed by atoms with Crippen molar-refractivity contribution in [3.05, 3.63) is 36.5 Å². The lowest BCUT2D eigenvalue weighted by molar-refractivity contribution is -0.123. The van der Waals surface area contributed by atoms with Crippen molar-refractivity contribution >= 4 is 5.91 Å². The standard InChI is InChI=1S/C56H107NO3/c1-3-5-7-9-11-13-15-17-19-20-21-22-23-24-25-26-27-28-29-30-31-32-33-34-35-36-38-40-42-44-46-48-50-52-56(60)57-54(53-58)55(59)51-49-47-45-43-41-39-37-18-16-14-12-10-8-6-4-2/h20-21,41,43,49,51,54-55,58-59H,3-19,22-40,42,44-48,50,52-53H2,1-2H3,(H,57,60)/b21-20-,43-41+,51-49+. The first kappa shape index (κ1) is 58.6. The van der Waals surface area contributed by atoms with Crippen LogP contribution in [-0.2, 0) is 4.79 Å². The number of unbranched alkanes of at least 4 members (excludes halogenated alkanes) is 39. The summed E-state index contributed by atoms with van der Waals surface area (Å²) in [6.07, 6.45) is 70.2. The number of aliphatic hydroxyl groups excluding tert-OH is 2.